The van der Waals surface area contributed by atoms with Gasteiger partial charge in [0.15, 0.2) is 22.8 Å². The lowest BCUT2D eigenvalue weighted by Crippen LogP contribution is -2.36. The zero-order valence-electron chi connectivity index (χ0n) is 20.8. The second kappa shape index (κ2) is 10.3. The summed E-state index contributed by atoms with van der Waals surface area (Å²) in [6.45, 7) is 2.99. The van der Waals surface area contributed by atoms with E-state index < -0.39 is 11.7 Å². The molecule has 1 aliphatic heterocycles. The third-order valence-corrected chi connectivity index (χ3v) is 6.49. The molecule has 0 atom stereocenters. The molecule has 0 radical (unpaired) electrons. The Morgan fingerprint density at radius 3 is 2.46 bits per heavy atom. The molecule has 198 valence electrons. The summed E-state index contributed by atoms with van der Waals surface area (Å²) in [5.74, 6) is 1.69. The fourth-order valence-electron chi connectivity index (χ4n) is 4.47. The zero-order chi connectivity index (χ0) is 26.8. The van der Waals surface area contributed by atoms with Crippen LogP contribution in [0.4, 0.5) is 24.8 Å². The molecule has 1 saturated heterocycles. The van der Waals surface area contributed by atoms with Crippen LogP contribution < -0.4 is 10.2 Å². The number of benzene rings is 2. The van der Waals surface area contributed by atoms with Gasteiger partial charge in [0.25, 0.3) is 0 Å². The van der Waals surface area contributed by atoms with Crippen LogP contribution in [0.1, 0.15) is 11.1 Å². The van der Waals surface area contributed by atoms with Crippen molar-refractivity contribution in [3.05, 3.63) is 90.4 Å². The van der Waals surface area contributed by atoms with Crippen molar-refractivity contribution in [1.29, 1.82) is 0 Å². The lowest BCUT2D eigenvalue weighted by Gasteiger charge is -2.27. The van der Waals surface area contributed by atoms with E-state index in [-0.39, 0.29) is 6.54 Å². The standard InChI is InChI=1S/C28H24F3N7O/c29-28(30,31)21-6-4-5-19(15-21)16-33-26-24-27(38(18-34-24)22-7-2-1-3-8-22)36-25(35-26)20-9-10-23(32-17-20)37-11-13-39-14-12-37/h1-10,15,17-18H,11-14,16H2,(H,33,35,36). The number of pyridine rings is 1. The molecule has 0 saturated carbocycles. The minimum absolute atomic E-state index is 0.127. The minimum Gasteiger partial charge on any atom is -0.378 e. The summed E-state index contributed by atoms with van der Waals surface area (Å²) in [5, 5.41) is 3.18. The SMILES string of the molecule is FC(F)(F)c1cccc(CNc2nc(-c3ccc(N4CCOCC4)nc3)nc3c2ncn3-c2ccccc2)c1. The summed E-state index contributed by atoms with van der Waals surface area (Å²) in [4.78, 5) is 20.8. The maximum absolute atomic E-state index is 13.2. The van der Waals surface area contributed by atoms with E-state index in [1.165, 1.54) is 6.07 Å². The Hall–Kier alpha value is -4.51. The van der Waals surface area contributed by atoms with Crippen molar-refractivity contribution < 1.29 is 17.9 Å². The highest BCUT2D eigenvalue weighted by Crippen LogP contribution is 2.30. The fraction of sp³-hybridized carbons (Fsp3) is 0.214. The van der Waals surface area contributed by atoms with Gasteiger partial charge in [-0.25, -0.2) is 19.9 Å². The molecule has 3 aromatic heterocycles. The number of morpholine rings is 1. The number of rotatable bonds is 6. The van der Waals surface area contributed by atoms with Gasteiger partial charge in [0, 0.05) is 37.1 Å². The summed E-state index contributed by atoms with van der Waals surface area (Å²) < 4.78 is 46.9. The predicted octanol–water partition coefficient (Wildman–Crippen LogP) is 5.35. The lowest BCUT2D eigenvalue weighted by atomic mass is 10.1. The van der Waals surface area contributed by atoms with Crippen LogP contribution in [-0.4, -0.2) is 50.8 Å². The number of nitrogens with one attached hydrogen (secondary N) is 1. The molecule has 0 unspecified atom stereocenters. The van der Waals surface area contributed by atoms with Crippen molar-refractivity contribution in [1.82, 2.24) is 24.5 Å². The second-order valence-electron chi connectivity index (χ2n) is 9.07. The van der Waals surface area contributed by atoms with Crippen LogP contribution in [0.15, 0.2) is 79.3 Å². The number of nitrogens with zero attached hydrogens (tertiary/aromatic N) is 6. The van der Waals surface area contributed by atoms with Crippen LogP contribution in [0.2, 0.25) is 0 Å². The number of hydrogen-bond donors (Lipinski definition) is 1. The Morgan fingerprint density at radius 2 is 1.72 bits per heavy atom. The molecule has 8 nitrogen and oxygen atoms in total. The molecule has 0 amide bonds. The van der Waals surface area contributed by atoms with E-state index in [0.717, 1.165) is 36.7 Å². The highest BCUT2D eigenvalue weighted by molar-refractivity contribution is 5.86. The molecule has 2 aromatic carbocycles. The van der Waals surface area contributed by atoms with Gasteiger partial charge in [0.1, 0.15) is 12.1 Å². The highest BCUT2D eigenvalue weighted by atomic mass is 19.4. The molecular formula is C28H24F3N7O. The number of ether oxygens (including phenoxy) is 1. The zero-order valence-corrected chi connectivity index (χ0v) is 20.8. The highest BCUT2D eigenvalue weighted by Gasteiger charge is 2.30. The second-order valence-corrected chi connectivity index (χ2v) is 9.07. The third-order valence-electron chi connectivity index (χ3n) is 6.49. The molecule has 0 bridgehead atoms. The molecule has 4 heterocycles. The van der Waals surface area contributed by atoms with Crippen molar-refractivity contribution in [3.8, 4) is 17.1 Å². The Kier molecular flexibility index (Phi) is 6.57. The van der Waals surface area contributed by atoms with Crippen molar-refractivity contribution >= 4 is 22.8 Å². The van der Waals surface area contributed by atoms with Crippen LogP contribution in [0.3, 0.4) is 0 Å². The molecule has 1 N–H and O–H groups in total. The van der Waals surface area contributed by atoms with E-state index in [1.807, 2.05) is 47.0 Å². The first-order valence-electron chi connectivity index (χ1n) is 12.5. The van der Waals surface area contributed by atoms with Gasteiger partial charge in [-0.15, -0.1) is 0 Å². The summed E-state index contributed by atoms with van der Waals surface area (Å²) >= 11 is 0. The average molecular weight is 532 g/mol. The first-order chi connectivity index (χ1) is 19.0. The summed E-state index contributed by atoms with van der Waals surface area (Å²) in [6.07, 6.45) is -1.03. The fourth-order valence-corrected chi connectivity index (χ4v) is 4.47. The quantitative estimate of drug-likeness (QED) is 0.317. The first-order valence-corrected chi connectivity index (χ1v) is 12.5. The number of hydrogen-bond acceptors (Lipinski definition) is 7. The van der Waals surface area contributed by atoms with E-state index in [0.29, 0.717) is 47.1 Å². The molecule has 0 spiro atoms. The number of fused-ring (bicyclic) bond motifs is 1. The van der Waals surface area contributed by atoms with E-state index in [4.69, 9.17) is 14.7 Å². The number of halogens is 3. The van der Waals surface area contributed by atoms with Crippen molar-refractivity contribution in [3.63, 3.8) is 0 Å². The Bertz CT molecular complexity index is 1580. The minimum atomic E-state index is -4.42. The van der Waals surface area contributed by atoms with Crippen LogP contribution in [-0.2, 0) is 17.5 Å². The molecular weight excluding hydrogens is 507 g/mol. The van der Waals surface area contributed by atoms with E-state index in [9.17, 15) is 13.2 Å². The number of para-hydroxylation sites is 1. The van der Waals surface area contributed by atoms with E-state index >= 15 is 0 Å². The normalized spacial score (nSPS) is 14.1. The molecule has 39 heavy (non-hydrogen) atoms. The van der Waals surface area contributed by atoms with Gasteiger partial charge >= 0.3 is 6.18 Å². The van der Waals surface area contributed by atoms with Gasteiger partial charge in [-0.2, -0.15) is 13.2 Å². The molecule has 5 aromatic rings. The van der Waals surface area contributed by atoms with Gasteiger partial charge in [-0.05, 0) is 42.0 Å². The summed E-state index contributed by atoms with van der Waals surface area (Å²) in [6, 6.07) is 18.7. The van der Waals surface area contributed by atoms with E-state index in [2.05, 4.69) is 20.2 Å². The molecule has 1 fully saturated rings. The molecule has 6 rings (SSSR count). The summed E-state index contributed by atoms with van der Waals surface area (Å²) in [7, 11) is 0. The van der Waals surface area contributed by atoms with Crippen LogP contribution >= 0.6 is 0 Å². The maximum Gasteiger partial charge on any atom is 0.416 e. The Morgan fingerprint density at radius 1 is 0.897 bits per heavy atom. The third kappa shape index (κ3) is 5.26. The Labute approximate surface area is 222 Å². The van der Waals surface area contributed by atoms with Crippen LogP contribution in [0.5, 0.6) is 0 Å². The van der Waals surface area contributed by atoms with Gasteiger partial charge in [-0.1, -0.05) is 30.3 Å². The monoisotopic (exact) mass is 531 g/mol. The molecule has 1 aliphatic rings. The largest absolute Gasteiger partial charge is 0.416 e. The average Bonchev–Trinajstić information content (AvgIpc) is 3.41. The number of alkyl halides is 3. The van der Waals surface area contributed by atoms with Crippen molar-refractivity contribution in [2.45, 2.75) is 12.7 Å². The van der Waals surface area contributed by atoms with Crippen molar-refractivity contribution in [2.75, 3.05) is 36.5 Å². The number of anilines is 2. The van der Waals surface area contributed by atoms with Gasteiger partial charge in [0.2, 0.25) is 0 Å². The predicted molar refractivity (Wildman–Crippen MR) is 142 cm³/mol. The maximum atomic E-state index is 13.2. The molecule has 11 heteroatoms. The summed E-state index contributed by atoms with van der Waals surface area (Å²) in [5.41, 5.74) is 2.42. The first kappa shape index (κ1) is 24.8. The van der Waals surface area contributed by atoms with Crippen LogP contribution in [0, 0.1) is 0 Å². The van der Waals surface area contributed by atoms with Gasteiger partial charge in [0.05, 0.1) is 18.8 Å². The van der Waals surface area contributed by atoms with Crippen LogP contribution in [0.25, 0.3) is 28.2 Å². The van der Waals surface area contributed by atoms with Crippen molar-refractivity contribution in [2.24, 2.45) is 0 Å². The Balaban J connectivity index is 1.37. The van der Waals surface area contributed by atoms with Gasteiger partial charge < -0.3 is 15.0 Å². The van der Waals surface area contributed by atoms with E-state index in [1.54, 1.807) is 18.6 Å². The molecule has 0 aliphatic carbocycles. The number of imidazole rings is 1. The van der Waals surface area contributed by atoms with Gasteiger partial charge in [-0.3, -0.25) is 4.57 Å². The lowest BCUT2D eigenvalue weighted by molar-refractivity contribution is -0.137. The number of aromatic nitrogens is 5. The topological polar surface area (TPSA) is 81.0 Å². The smallest absolute Gasteiger partial charge is 0.378 e.